The van der Waals surface area contributed by atoms with Crippen molar-refractivity contribution in [2.45, 2.75) is 27.0 Å². The van der Waals surface area contributed by atoms with Gasteiger partial charge in [0.2, 0.25) is 0 Å². The lowest BCUT2D eigenvalue weighted by molar-refractivity contribution is 0.0456. The van der Waals surface area contributed by atoms with Crippen LogP contribution in [-0.4, -0.2) is 20.7 Å². The molecule has 0 atom stereocenters. The van der Waals surface area contributed by atoms with Crippen LogP contribution in [0.2, 0.25) is 0 Å². The summed E-state index contributed by atoms with van der Waals surface area (Å²) in [5, 5.41) is 4.12. The van der Waals surface area contributed by atoms with Crippen molar-refractivity contribution in [3.63, 3.8) is 0 Å². The van der Waals surface area contributed by atoms with Crippen molar-refractivity contribution in [1.29, 1.82) is 0 Å². The number of halogens is 1. The number of anilines is 1. The Morgan fingerprint density at radius 2 is 2.19 bits per heavy atom. The average molecular weight is 353 g/mol. The van der Waals surface area contributed by atoms with Gasteiger partial charge in [-0.05, 0) is 24.1 Å². The average Bonchev–Trinajstić information content (AvgIpc) is 2.81. The van der Waals surface area contributed by atoms with Crippen molar-refractivity contribution in [3.8, 4) is 0 Å². The van der Waals surface area contributed by atoms with E-state index in [1.54, 1.807) is 22.9 Å². The van der Waals surface area contributed by atoms with Crippen molar-refractivity contribution >= 4 is 27.6 Å². The summed E-state index contributed by atoms with van der Waals surface area (Å²) in [6.45, 7) is 4.98. The summed E-state index contributed by atoms with van der Waals surface area (Å²) in [5.74, 6) is 0.619. The van der Waals surface area contributed by atoms with Gasteiger partial charge in [0, 0.05) is 16.7 Å². The normalized spacial score (nSPS) is 10.9. The maximum atomic E-state index is 12.0. The zero-order valence-corrected chi connectivity index (χ0v) is 13.5. The number of nitrogens with zero attached hydrogens (tertiary/aromatic N) is 3. The minimum atomic E-state index is -0.443. The van der Waals surface area contributed by atoms with Crippen LogP contribution < -0.4 is 5.73 Å². The van der Waals surface area contributed by atoms with Crippen LogP contribution in [0.1, 0.15) is 30.0 Å². The van der Waals surface area contributed by atoms with Gasteiger partial charge in [0.25, 0.3) is 0 Å². The number of carbonyl (C=O) groups is 1. The molecule has 0 aliphatic rings. The lowest BCUT2D eigenvalue weighted by atomic mass is 10.2. The first-order valence-electron chi connectivity index (χ1n) is 6.55. The highest BCUT2D eigenvalue weighted by molar-refractivity contribution is 9.10. The SMILES string of the molecule is CC(C)Cn1ncnc1COC(=O)c1cc(N)cc(Br)c1. The van der Waals surface area contributed by atoms with Gasteiger partial charge in [0.05, 0.1) is 5.56 Å². The van der Waals surface area contributed by atoms with Crippen LogP contribution in [0.4, 0.5) is 5.69 Å². The minimum absolute atomic E-state index is 0.0813. The second kappa shape index (κ2) is 6.71. The first kappa shape index (κ1) is 15.5. The highest BCUT2D eigenvalue weighted by atomic mass is 79.9. The minimum Gasteiger partial charge on any atom is -0.454 e. The van der Waals surface area contributed by atoms with Crippen LogP contribution in [0.3, 0.4) is 0 Å². The standard InChI is InChI=1S/C14H17BrN4O2/c1-9(2)6-19-13(17-8-18-19)7-21-14(20)10-3-11(15)5-12(16)4-10/h3-5,8-9H,6-7,16H2,1-2H3. The van der Waals surface area contributed by atoms with Crippen LogP contribution in [0.5, 0.6) is 0 Å². The number of ether oxygens (including phenoxy) is 1. The van der Waals surface area contributed by atoms with Gasteiger partial charge in [-0.2, -0.15) is 5.10 Å². The Balaban J connectivity index is 2.02. The Bertz CT molecular complexity index is 619. The number of hydrogen-bond acceptors (Lipinski definition) is 5. The Morgan fingerprint density at radius 1 is 1.43 bits per heavy atom. The van der Waals surface area contributed by atoms with Gasteiger partial charge in [-0.1, -0.05) is 29.8 Å². The molecule has 112 valence electrons. The molecule has 0 bridgehead atoms. The molecule has 2 N–H and O–H groups in total. The molecule has 0 aliphatic carbocycles. The molecule has 1 heterocycles. The fourth-order valence-electron chi connectivity index (χ4n) is 1.84. The molecule has 2 rings (SSSR count). The highest BCUT2D eigenvalue weighted by Crippen LogP contribution is 2.18. The van der Waals surface area contributed by atoms with Crippen molar-refractivity contribution in [1.82, 2.24) is 14.8 Å². The van der Waals surface area contributed by atoms with Gasteiger partial charge in [0.1, 0.15) is 6.33 Å². The van der Waals surface area contributed by atoms with E-state index in [9.17, 15) is 4.79 Å². The Hall–Kier alpha value is -1.89. The number of benzene rings is 1. The summed E-state index contributed by atoms with van der Waals surface area (Å²) in [5.41, 5.74) is 6.60. The third kappa shape index (κ3) is 4.29. The summed E-state index contributed by atoms with van der Waals surface area (Å²) < 4.78 is 7.74. The molecule has 0 fully saturated rings. The van der Waals surface area contributed by atoms with Crippen LogP contribution in [-0.2, 0) is 17.9 Å². The topological polar surface area (TPSA) is 83.0 Å². The summed E-state index contributed by atoms with van der Waals surface area (Å²) in [7, 11) is 0. The maximum Gasteiger partial charge on any atom is 0.338 e. The molecule has 0 saturated carbocycles. The van der Waals surface area contributed by atoms with E-state index in [4.69, 9.17) is 10.5 Å². The fourth-order valence-corrected chi connectivity index (χ4v) is 2.35. The zero-order valence-electron chi connectivity index (χ0n) is 11.9. The molecule has 0 amide bonds. The predicted molar refractivity (Wildman–Crippen MR) is 82.5 cm³/mol. The first-order valence-corrected chi connectivity index (χ1v) is 7.35. The van der Waals surface area contributed by atoms with Crippen LogP contribution in [0, 0.1) is 5.92 Å². The number of esters is 1. The Labute approximate surface area is 131 Å². The summed E-state index contributed by atoms with van der Waals surface area (Å²) >= 11 is 3.30. The maximum absolute atomic E-state index is 12.0. The molecule has 0 spiro atoms. The van der Waals surface area contributed by atoms with E-state index >= 15 is 0 Å². The van der Waals surface area contributed by atoms with Crippen molar-refractivity contribution in [2.24, 2.45) is 5.92 Å². The second-order valence-electron chi connectivity index (χ2n) is 5.10. The van der Waals surface area contributed by atoms with Crippen molar-refractivity contribution < 1.29 is 9.53 Å². The van der Waals surface area contributed by atoms with E-state index in [1.165, 1.54) is 6.33 Å². The number of aromatic nitrogens is 3. The van der Waals surface area contributed by atoms with E-state index in [0.29, 0.717) is 23.0 Å². The molecule has 0 unspecified atom stereocenters. The second-order valence-corrected chi connectivity index (χ2v) is 6.02. The largest absolute Gasteiger partial charge is 0.454 e. The summed E-state index contributed by atoms with van der Waals surface area (Å²) in [6, 6.07) is 4.96. The molecule has 0 saturated heterocycles. The number of carbonyl (C=O) groups excluding carboxylic acids is 1. The third-order valence-electron chi connectivity index (χ3n) is 2.72. The van der Waals surface area contributed by atoms with Gasteiger partial charge in [-0.25, -0.2) is 14.5 Å². The molecule has 21 heavy (non-hydrogen) atoms. The summed E-state index contributed by atoms with van der Waals surface area (Å²) in [6.07, 6.45) is 1.46. The lowest BCUT2D eigenvalue weighted by Gasteiger charge is -2.09. The molecule has 6 nitrogen and oxygen atoms in total. The summed E-state index contributed by atoms with van der Waals surface area (Å²) in [4.78, 5) is 16.1. The quantitative estimate of drug-likeness (QED) is 0.660. The molecule has 1 aromatic heterocycles. The number of hydrogen-bond donors (Lipinski definition) is 1. The molecule has 1 aromatic carbocycles. The van der Waals surface area contributed by atoms with Crippen molar-refractivity contribution in [3.05, 3.63) is 40.4 Å². The third-order valence-corrected chi connectivity index (χ3v) is 3.18. The molecule has 0 aliphatic heterocycles. The van der Waals surface area contributed by atoms with Crippen LogP contribution >= 0.6 is 15.9 Å². The van der Waals surface area contributed by atoms with Gasteiger partial charge >= 0.3 is 5.97 Å². The first-order chi connectivity index (χ1) is 9.95. The highest BCUT2D eigenvalue weighted by Gasteiger charge is 2.12. The lowest BCUT2D eigenvalue weighted by Crippen LogP contribution is -2.13. The monoisotopic (exact) mass is 352 g/mol. The fraction of sp³-hybridized carbons (Fsp3) is 0.357. The Kier molecular flexibility index (Phi) is 4.95. The predicted octanol–water partition coefficient (Wildman–Crippen LogP) is 2.64. The van der Waals surface area contributed by atoms with E-state index in [1.807, 2.05) is 0 Å². The molecular formula is C14H17BrN4O2. The number of nitrogen functional groups attached to an aromatic ring is 1. The van der Waals surface area contributed by atoms with Gasteiger partial charge in [0.15, 0.2) is 12.4 Å². The zero-order chi connectivity index (χ0) is 15.4. The number of rotatable bonds is 5. The van der Waals surface area contributed by atoms with E-state index in [2.05, 4.69) is 39.9 Å². The van der Waals surface area contributed by atoms with Crippen molar-refractivity contribution in [2.75, 3.05) is 5.73 Å². The van der Waals surface area contributed by atoms with E-state index in [-0.39, 0.29) is 6.61 Å². The Morgan fingerprint density at radius 3 is 2.86 bits per heavy atom. The molecular weight excluding hydrogens is 336 g/mol. The van der Waals surface area contributed by atoms with E-state index < -0.39 is 5.97 Å². The van der Waals surface area contributed by atoms with Gasteiger partial charge in [-0.15, -0.1) is 0 Å². The number of nitrogens with two attached hydrogens (primary N) is 1. The van der Waals surface area contributed by atoms with E-state index in [0.717, 1.165) is 11.0 Å². The van der Waals surface area contributed by atoms with Gasteiger partial charge in [-0.3, -0.25) is 0 Å². The molecule has 2 aromatic rings. The molecule has 0 radical (unpaired) electrons. The van der Waals surface area contributed by atoms with Gasteiger partial charge < -0.3 is 10.5 Å². The molecule has 7 heteroatoms. The smallest absolute Gasteiger partial charge is 0.338 e. The van der Waals surface area contributed by atoms with Crippen LogP contribution in [0.15, 0.2) is 29.0 Å². The van der Waals surface area contributed by atoms with Crippen LogP contribution in [0.25, 0.3) is 0 Å².